The van der Waals surface area contributed by atoms with Gasteiger partial charge in [0.05, 0.1) is 16.9 Å². The van der Waals surface area contributed by atoms with Crippen LogP contribution in [-0.4, -0.2) is 41.5 Å². The Labute approximate surface area is 165 Å². The van der Waals surface area contributed by atoms with Crippen LogP contribution in [0, 0.1) is 6.92 Å². The molecule has 1 aliphatic carbocycles. The van der Waals surface area contributed by atoms with Gasteiger partial charge in [0.2, 0.25) is 0 Å². The Morgan fingerprint density at radius 3 is 2.61 bits per heavy atom. The van der Waals surface area contributed by atoms with Gasteiger partial charge in [0, 0.05) is 50.4 Å². The lowest BCUT2D eigenvalue weighted by Gasteiger charge is -2.27. The highest BCUT2D eigenvalue weighted by Crippen LogP contribution is 2.54. The first-order valence-corrected chi connectivity index (χ1v) is 9.67. The van der Waals surface area contributed by atoms with Gasteiger partial charge in [-0.25, -0.2) is 0 Å². The number of carbonyl (C=O) groups excluding carboxylic acids is 1. The number of nitrogens with zero attached hydrogens (tertiary/aromatic N) is 4. The van der Waals surface area contributed by atoms with Crippen molar-refractivity contribution in [3.05, 3.63) is 65.7 Å². The fourth-order valence-electron chi connectivity index (χ4n) is 4.41. The minimum atomic E-state index is -0.174. The molecule has 5 nitrogen and oxygen atoms in total. The van der Waals surface area contributed by atoms with Gasteiger partial charge in [-0.1, -0.05) is 18.2 Å². The predicted octanol–water partition coefficient (Wildman–Crippen LogP) is 3.99. The second-order valence-corrected chi connectivity index (χ2v) is 8.11. The van der Waals surface area contributed by atoms with Crippen molar-refractivity contribution in [3.8, 4) is 16.8 Å². The molecule has 0 N–H and O–H groups in total. The van der Waals surface area contributed by atoms with Crippen molar-refractivity contribution >= 4 is 11.6 Å². The van der Waals surface area contributed by atoms with Crippen molar-refractivity contribution in [1.82, 2.24) is 14.5 Å². The molecule has 142 valence electrons. The molecule has 3 aromatic rings. The minimum Gasteiger partial charge on any atom is -0.376 e. The number of pyridine rings is 1. The summed E-state index contributed by atoms with van der Waals surface area (Å²) in [5, 5.41) is 0. The monoisotopic (exact) mass is 372 g/mol. The van der Waals surface area contributed by atoms with Crippen LogP contribution in [0.25, 0.3) is 16.8 Å². The lowest BCUT2D eigenvalue weighted by Crippen LogP contribution is -2.36. The number of hydrogen-bond donors (Lipinski definition) is 0. The van der Waals surface area contributed by atoms with Crippen LogP contribution < -0.4 is 4.90 Å². The Balaban J connectivity index is 1.79. The van der Waals surface area contributed by atoms with Crippen molar-refractivity contribution in [2.75, 3.05) is 26.0 Å². The van der Waals surface area contributed by atoms with Gasteiger partial charge in [0.25, 0.3) is 5.91 Å². The van der Waals surface area contributed by atoms with Crippen LogP contribution in [0.5, 0.6) is 0 Å². The molecule has 5 rings (SSSR count). The first-order chi connectivity index (χ1) is 13.4. The fraction of sp³-hybridized carbons (Fsp3) is 0.304. The Hall–Kier alpha value is -3.08. The molecular weight excluding hydrogens is 348 g/mol. The normalized spacial score (nSPS) is 16.6. The lowest BCUT2D eigenvalue weighted by atomic mass is 9.96. The van der Waals surface area contributed by atoms with Gasteiger partial charge in [-0.3, -0.25) is 9.78 Å². The van der Waals surface area contributed by atoms with E-state index in [4.69, 9.17) is 0 Å². The van der Waals surface area contributed by atoms with Crippen molar-refractivity contribution < 1.29 is 4.79 Å². The van der Waals surface area contributed by atoms with Crippen LogP contribution in [0.1, 0.15) is 34.6 Å². The SMILES string of the molecule is Cc1ncccc1-c1ccc2c(c1)-n1cc(N(C)C)cc1C(=O)N(C)C21CC1. The van der Waals surface area contributed by atoms with E-state index in [1.807, 2.05) is 56.2 Å². The molecule has 2 aromatic heterocycles. The van der Waals surface area contributed by atoms with Crippen molar-refractivity contribution in [2.45, 2.75) is 25.3 Å². The van der Waals surface area contributed by atoms with Gasteiger partial charge in [-0.2, -0.15) is 0 Å². The molecule has 1 fully saturated rings. The number of hydrogen-bond acceptors (Lipinski definition) is 3. The number of anilines is 1. The van der Waals surface area contributed by atoms with Crippen LogP contribution in [0.3, 0.4) is 0 Å². The maximum absolute atomic E-state index is 13.3. The molecule has 1 aromatic carbocycles. The van der Waals surface area contributed by atoms with Crippen LogP contribution in [0.15, 0.2) is 48.8 Å². The van der Waals surface area contributed by atoms with Crippen molar-refractivity contribution in [2.24, 2.45) is 0 Å². The molecule has 3 heterocycles. The molecule has 0 bridgehead atoms. The minimum absolute atomic E-state index is 0.0842. The van der Waals surface area contributed by atoms with E-state index >= 15 is 0 Å². The summed E-state index contributed by atoms with van der Waals surface area (Å²) in [7, 11) is 5.94. The van der Waals surface area contributed by atoms with Crippen LogP contribution in [0.2, 0.25) is 0 Å². The molecule has 2 aliphatic rings. The quantitative estimate of drug-likeness (QED) is 0.683. The Kier molecular flexibility index (Phi) is 3.48. The second kappa shape index (κ2) is 5.71. The van der Waals surface area contributed by atoms with E-state index in [0.717, 1.165) is 46.7 Å². The smallest absolute Gasteiger partial charge is 0.271 e. The maximum atomic E-state index is 13.3. The Morgan fingerprint density at radius 1 is 1.14 bits per heavy atom. The topological polar surface area (TPSA) is 41.4 Å². The van der Waals surface area contributed by atoms with E-state index < -0.39 is 0 Å². The summed E-state index contributed by atoms with van der Waals surface area (Å²) in [5.41, 5.74) is 7.16. The van der Waals surface area contributed by atoms with E-state index in [-0.39, 0.29) is 11.4 Å². The zero-order valence-corrected chi connectivity index (χ0v) is 16.7. The lowest BCUT2D eigenvalue weighted by molar-refractivity contribution is 0.0705. The van der Waals surface area contributed by atoms with Crippen LogP contribution in [-0.2, 0) is 5.54 Å². The largest absolute Gasteiger partial charge is 0.376 e. The fourth-order valence-corrected chi connectivity index (χ4v) is 4.41. The number of rotatable bonds is 2. The summed E-state index contributed by atoms with van der Waals surface area (Å²) in [4.78, 5) is 21.7. The van der Waals surface area contributed by atoms with Gasteiger partial charge in [0.15, 0.2) is 0 Å². The zero-order valence-electron chi connectivity index (χ0n) is 16.7. The standard InChI is InChI=1S/C23H24N4O/c1-15-18(6-5-11-24-15)16-7-8-19-20(12-16)27-14-17(25(2)3)13-21(27)22(28)26(4)23(19)9-10-23/h5-8,11-14H,9-10H2,1-4H3. The summed E-state index contributed by atoms with van der Waals surface area (Å²) < 4.78 is 2.08. The van der Waals surface area contributed by atoms with E-state index in [1.165, 1.54) is 5.56 Å². The van der Waals surface area contributed by atoms with E-state index in [2.05, 4.69) is 40.0 Å². The number of aromatic nitrogens is 2. The average molecular weight is 372 g/mol. The first-order valence-electron chi connectivity index (χ1n) is 9.67. The summed E-state index contributed by atoms with van der Waals surface area (Å²) in [5.74, 6) is 0.0842. The molecule has 0 saturated heterocycles. The molecule has 0 atom stereocenters. The molecule has 28 heavy (non-hydrogen) atoms. The molecule has 1 amide bonds. The number of carbonyl (C=O) groups is 1. The van der Waals surface area contributed by atoms with Gasteiger partial charge in [0.1, 0.15) is 5.69 Å². The number of benzene rings is 1. The molecule has 1 spiro atoms. The second-order valence-electron chi connectivity index (χ2n) is 8.11. The predicted molar refractivity (Wildman–Crippen MR) is 111 cm³/mol. The summed E-state index contributed by atoms with van der Waals surface area (Å²) in [6.07, 6.45) is 5.92. The highest BCUT2D eigenvalue weighted by Gasteiger charge is 2.53. The van der Waals surface area contributed by atoms with Crippen molar-refractivity contribution in [1.29, 1.82) is 0 Å². The summed E-state index contributed by atoms with van der Waals surface area (Å²) >= 11 is 0. The van der Waals surface area contributed by atoms with Gasteiger partial charge in [-0.15, -0.1) is 0 Å². The molecule has 5 heteroatoms. The van der Waals surface area contributed by atoms with Crippen molar-refractivity contribution in [3.63, 3.8) is 0 Å². The van der Waals surface area contributed by atoms with E-state index in [0.29, 0.717) is 0 Å². The Bertz CT molecular complexity index is 1110. The van der Waals surface area contributed by atoms with E-state index in [1.54, 1.807) is 0 Å². The molecule has 1 aliphatic heterocycles. The molecular formula is C23H24N4O. The Morgan fingerprint density at radius 2 is 1.93 bits per heavy atom. The maximum Gasteiger partial charge on any atom is 0.271 e. The third-order valence-electron chi connectivity index (χ3n) is 6.29. The van der Waals surface area contributed by atoms with E-state index in [9.17, 15) is 4.79 Å². The average Bonchev–Trinajstić information content (AvgIpc) is 3.38. The summed E-state index contributed by atoms with van der Waals surface area (Å²) in [6, 6.07) is 12.7. The molecule has 0 radical (unpaired) electrons. The van der Waals surface area contributed by atoms with Gasteiger partial charge in [-0.05, 0) is 43.5 Å². The molecule has 1 saturated carbocycles. The number of aryl methyl sites for hydroxylation is 1. The highest BCUT2D eigenvalue weighted by atomic mass is 16.2. The zero-order chi connectivity index (χ0) is 19.6. The third kappa shape index (κ3) is 2.25. The molecule has 0 unspecified atom stereocenters. The van der Waals surface area contributed by atoms with Crippen LogP contribution >= 0.6 is 0 Å². The first kappa shape index (κ1) is 17.0. The van der Waals surface area contributed by atoms with Gasteiger partial charge < -0.3 is 14.4 Å². The highest BCUT2D eigenvalue weighted by molar-refractivity contribution is 5.97. The van der Waals surface area contributed by atoms with Gasteiger partial charge >= 0.3 is 0 Å². The third-order valence-corrected chi connectivity index (χ3v) is 6.29. The summed E-state index contributed by atoms with van der Waals surface area (Å²) in [6.45, 7) is 2.03. The number of fused-ring (bicyclic) bond motifs is 4. The van der Waals surface area contributed by atoms with Crippen LogP contribution in [0.4, 0.5) is 5.69 Å². The number of amides is 1.